The lowest BCUT2D eigenvalue weighted by Gasteiger charge is -2.26. The van der Waals surface area contributed by atoms with Gasteiger partial charge in [0.1, 0.15) is 5.75 Å². The van der Waals surface area contributed by atoms with Gasteiger partial charge in [-0.15, -0.1) is 0 Å². The molecule has 1 N–H and O–H groups in total. The van der Waals surface area contributed by atoms with E-state index in [2.05, 4.69) is 10.2 Å². The number of amides is 2. The van der Waals surface area contributed by atoms with Gasteiger partial charge in [0, 0.05) is 32.7 Å². The number of rotatable bonds is 7. The van der Waals surface area contributed by atoms with Crippen molar-refractivity contribution in [2.24, 2.45) is 0 Å². The zero-order chi connectivity index (χ0) is 17.5. The summed E-state index contributed by atoms with van der Waals surface area (Å²) in [5.41, 5.74) is 0.623. The normalized spacial score (nSPS) is 17.5. The van der Waals surface area contributed by atoms with E-state index in [4.69, 9.17) is 4.74 Å². The molecule has 6 nitrogen and oxygen atoms in total. The van der Waals surface area contributed by atoms with Gasteiger partial charge in [-0.25, -0.2) is 0 Å². The zero-order valence-electron chi connectivity index (χ0n) is 14.7. The molecule has 0 bridgehead atoms. The predicted molar refractivity (Wildman–Crippen MR) is 93.2 cm³/mol. The van der Waals surface area contributed by atoms with Gasteiger partial charge in [0.15, 0.2) is 0 Å². The number of nitrogens with zero attached hydrogens (tertiary/aromatic N) is 2. The van der Waals surface area contributed by atoms with Crippen LogP contribution in [0.4, 0.5) is 0 Å². The molecule has 1 aliphatic rings. The number of benzene rings is 1. The van der Waals surface area contributed by atoms with Crippen LogP contribution >= 0.6 is 0 Å². The third-order valence-electron chi connectivity index (χ3n) is 4.35. The number of hydrogen-bond acceptors (Lipinski definition) is 4. The first kappa shape index (κ1) is 18.3. The van der Waals surface area contributed by atoms with Crippen molar-refractivity contribution in [2.75, 3.05) is 40.8 Å². The minimum Gasteiger partial charge on any atom is -0.497 e. The highest BCUT2D eigenvalue weighted by Crippen LogP contribution is 2.18. The Bertz CT molecular complexity index is 557. The fraction of sp³-hybridized carbons (Fsp3) is 0.556. The smallest absolute Gasteiger partial charge is 0.251 e. The van der Waals surface area contributed by atoms with Crippen LogP contribution in [0.15, 0.2) is 24.3 Å². The van der Waals surface area contributed by atoms with Crippen LogP contribution in [-0.4, -0.2) is 68.5 Å². The summed E-state index contributed by atoms with van der Waals surface area (Å²) in [5.74, 6) is 0.826. The second-order valence-corrected chi connectivity index (χ2v) is 6.26. The SMILES string of the molecule is COc1ccc(C(=O)NCCCN2CCC[C@@H]2C(=O)N(C)C)cc1. The Hall–Kier alpha value is -2.08. The van der Waals surface area contributed by atoms with Gasteiger partial charge in [-0.2, -0.15) is 0 Å². The van der Waals surface area contributed by atoms with Crippen molar-refractivity contribution in [3.8, 4) is 5.75 Å². The van der Waals surface area contributed by atoms with Crippen molar-refractivity contribution in [3.05, 3.63) is 29.8 Å². The number of carbonyl (C=O) groups excluding carboxylic acids is 2. The van der Waals surface area contributed by atoms with Crippen molar-refractivity contribution in [1.82, 2.24) is 15.1 Å². The van der Waals surface area contributed by atoms with E-state index in [9.17, 15) is 9.59 Å². The van der Waals surface area contributed by atoms with Crippen LogP contribution in [0.25, 0.3) is 0 Å². The predicted octanol–water partition coefficient (Wildman–Crippen LogP) is 1.37. The van der Waals surface area contributed by atoms with Gasteiger partial charge in [0.2, 0.25) is 5.91 Å². The Morgan fingerprint density at radius 2 is 2.00 bits per heavy atom. The zero-order valence-corrected chi connectivity index (χ0v) is 14.7. The summed E-state index contributed by atoms with van der Waals surface area (Å²) in [5, 5.41) is 2.93. The fourth-order valence-corrected chi connectivity index (χ4v) is 3.00. The van der Waals surface area contributed by atoms with E-state index < -0.39 is 0 Å². The maximum Gasteiger partial charge on any atom is 0.251 e. The van der Waals surface area contributed by atoms with Gasteiger partial charge in [0.25, 0.3) is 5.91 Å². The third kappa shape index (κ3) is 4.71. The van der Waals surface area contributed by atoms with E-state index >= 15 is 0 Å². The van der Waals surface area contributed by atoms with Crippen molar-refractivity contribution in [2.45, 2.75) is 25.3 Å². The summed E-state index contributed by atoms with van der Waals surface area (Å²) in [6.07, 6.45) is 2.82. The first-order valence-electron chi connectivity index (χ1n) is 8.40. The second kappa shape index (κ2) is 8.68. The summed E-state index contributed by atoms with van der Waals surface area (Å²) < 4.78 is 5.08. The summed E-state index contributed by atoms with van der Waals surface area (Å²) >= 11 is 0. The number of hydrogen-bond donors (Lipinski definition) is 1. The Kier molecular flexibility index (Phi) is 6.61. The average molecular weight is 333 g/mol. The highest BCUT2D eigenvalue weighted by Gasteiger charge is 2.30. The molecular formula is C18H27N3O3. The molecule has 0 radical (unpaired) electrons. The highest BCUT2D eigenvalue weighted by molar-refractivity contribution is 5.94. The van der Waals surface area contributed by atoms with Gasteiger partial charge in [-0.05, 0) is 50.1 Å². The standard InChI is InChI=1S/C18H27N3O3/c1-20(2)18(23)16-6-4-12-21(16)13-5-11-19-17(22)14-7-9-15(24-3)10-8-14/h7-10,16H,4-6,11-13H2,1-3H3,(H,19,22)/t16-/m1/s1. The molecule has 0 aliphatic carbocycles. The third-order valence-corrected chi connectivity index (χ3v) is 4.35. The van der Waals surface area contributed by atoms with E-state index in [0.29, 0.717) is 12.1 Å². The van der Waals surface area contributed by atoms with Crippen LogP contribution in [0.1, 0.15) is 29.6 Å². The van der Waals surface area contributed by atoms with E-state index in [1.165, 1.54) is 0 Å². The maximum absolute atomic E-state index is 12.1. The number of methoxy groups -OCH3 is 1. The van der Waals surface area contributed by atoms with Crippen molar-refractivity contribution in [3.63, 3.8) is 0 Å². The number of carbonyl (C=O) groups is 2. The van der Waals surface area contributed by atoms with E-state index in [0.717, 1.165) is 38.1 Å². The van der Waals surface area contributed by atoms with Gasteiger partial charge >= 0.3 is 0 Å². The lowest BCUT2D eigenvalue weighted by molar-refractivity contribution is -0.133. The molecule has 24 heavy (non-hydrogen) atoms. The molecule has 0 spiro atoms. The molecular weight excluding hydrogens is 306 g/mol. The largest absolute Gasteiger partial charge is 0.497 e. The quantitative estimate of drug-likeness (QED) is 0.766. The van der Waals surface area contributed by atoms with Crippen molar-refractivity contribution in [1.29, 1.82) is 0 Å². The number of nitrogens with one attached hydrogen (secondary N) is 1. The molecule has 0 unspecified atom stereocenters. The van der Waals surface area contributed by atoms with Crippen LogP contribution in [0.3, 0.4) is 0 Å². The molecule has 0 saturated carbocycles. The first-order chi connectivity index (χ1) is 11.5. The van der Waals surface area contributed by atoms with Gasteiger partial charge < -0.3 is 15.0 Å². The van der Waals surface area contributed by atoms with E-state index in [1.54, 1.807) is 50.4 Å². The van der Waals surface area contributed by atoms with Crippen LogP contribution in [0, 0.1) is 0 Å². The van der Waals surface area contributed by atoms with Gasteiger partial charge in [-0.3, -0.25) is 14.5 Å². The molecule has 1 fully saturated rings. The molecule has 6 heteroatoms. The topological polar surface area (TPSA) is 61.9 Å². The van der Waals surface area contributed by atoms with Crippen LogP contribution < -0.4 is 10.1 Å². The van der Waals surface area contributed by atoms with E-state index in [1.807, 2.05) is 0 Å². The Labute approximate surface area is 143 Å². The van der Waals surface area contributed by atoms with Gasteiger partial charge in [0.05, 0.1) is 13.2 Å². The molecule has 1 heterocycles. The highest BCUT2D eigenvalue weighted by atomic mass is 16.5. The molecule has 1 saturated heterocycles. The van der Waals surface area contributed by atoms with E-state index in [-0.39, 0.29) is 17.9 Å². The fourth-order valence-electron chi connectivity index (χ4n) is 3.00. The Morgan fingerprint density at radius 1 is 1.29 bits per heavy atom. The molecule has 1 aromatic rings. The van der Waals surface area contributed by atoms with Gasteiger partial charge in [-0.1, -0.05) is 0 Å². The molecule has 1 atom stereocenters. The van der Waals surface area contributed by atoms with Crippen LogP contribution in [0.5, 0.6) is 5.75 Å². The minimum atomic E-state index is -0.0833. The Morgan fingerprint density at radius 3 is 2.62 bits per heavy atom. The summed E-state index contributed by atoms with van der Waals surface area (Å²) in [4.78, 5) is 28.1. The lowest BCUT2D eigenvalue weighted by atomic mass is 10.2. The lowest BCUT2D eigenvalue weighted by Crippen LogP contribution is -2.43. The van der Waals surface area contributed by atoms with Crippen molar-refractivity contribution < 1.29 is 14.3 Å². The molecule has 132 valence electrons. The first-order valence-corrected chi connectivity index (χ1v) is 8.40. The average Bonchev–Trinajstić information content (AvgIpc) is 3.06. The molecule has 1 aliphatic heterocycles. The molecule has 2 rings (SSSR count). The summed E-state index contributed by atoms with van der Waals surface area (Å²) in [6.45, 7) is 2.38. The molecule has 2 amide bonds. The minimum absolute atomic E-state index is 0.00251. The monoisotopic (exact) mass is 333 g/mol. The molecule has 0 aromatic heterocycles. The molecule has 1 aromatic carbocycles. The number of likely N-dealkylation sites (tertiary alicyclic amines) is 1. The number of ether oxygens (including phenoxy) is 1. The summed E-state index contributed by atoms with van der Waals surface area (Å²) in [7, 11) is 5.20. The number of likely N-dealkylation sites (N-methyl/N-ethyl adjacent to an activating group) is 1. The summed E-state index contributed by atoms with van der Waals surface area (Å²) in [6, 6.07) is 7.05. The Balaban J connectivity index is 1.73. The van der Waals surface area contributed by atoms with Crippen LogP contribution in [-0.2, 0) is 4.79 Å². The van der Waals surface area contributed by atoms with Crippen molar-refractivity contribution >= 4 is 11.8 Å². The van der Waals surface area contributed by atoms with Crippen LogP contribution in [0.2, 0.25) is 0 Å². The second-order valence-electron chi connectivity index (χ2n) is 6.26. The maximum atomic E-state index is 12.1.